The minimum atomic E-state index is -0.899. The number of fused-ring (bicyclic) bond motifs is 3. The number of para-hydroxylation sites is 1. The number of amides is 1. The standard InChI is InChI=1S/C24H20N2O3/c27-23(20-15-9-10-16(13-15)21(20)24(28)29)26-19-8-4-7-18-17(11-12-25-22(18)19)14-5-2-1-3-6-14/h1-12,15-16,20-21H,13H2,(H,26,27)(H,28,29)/t15-,16-,20-,21+/m0/s1. The Labute approximate surface area is 168 Å². The van der Waals surface area contributed by atoms with Crippen LogP contribution in [0.3, 0.4) is 0 Å². The summed E-state index contributed by atoms with van der Waals surface area (Å²) >= 11 is 0. The monoisotopic (exact) mass is 384 g/mol. The van der Waals surface area contributed by atoms with Crippen molar-refractivity contribution in [2.45, 2.75) is 6.42 Å². The van der Waals surface area contributed by atoms with Gasteiger partial charge >= 0.3 is 5.97 Å². The third-order valence-electron chi connectivity index (χ3n) is 6.16. The number of rotatable bonds is 4. The van der Waals surface area contributed by atoms with Crippen molar-refractivity contribution < 1.29 is 14.7 Å². The van der Waals surface area contributed by atoms with E-state index in [4.69, 9.17) is 0 Å². The molecule has 0 spiro atoms. The Morgan fingerprint density at radius 3 is 2.45 bits per heavy atom. The number of nitrogens with zero attached hydrogens (tertiary/aromatic N) is 1. The van der Waals surface area contributed by atoms with Crippen molar-refractivity contribution >= 4 is 28.5 Å². The Bertz CT molecular complexity index is 1140. The number of carboxylic acid groups (broad SMARTS) is 1. The van der Waals surface area contributed by atoms with Gasteiger partial charge in [-0.3, -0.25) is 14.6 Å². The van der Waals surface area contributed by atoms with Gasteiger partial charge in [-0.25, -0.2) is 0 Å². The predicted molar refractivity (Wildman–Crippen MR) is 111 cm³/mol. The van der Waals surface area contributed by atoms with E-state index >= 15 is 0 Å². The van der Waals surface area contributed by atoms with Crippen molar-refractivity contribution in [3.05, 3.63) is 72.9 Å². The van der Waals surface area contributed by atoms with Gasteiger partial charge in [-0.1, -0.05) is 54.6 Å². The summed E-state index contributed by atoms with van der Waals surface area (Å²) in [6.07, 6.45) is 6.41. The lowest BCUT2D eigenvalue weighted by Crippen LogP contribution is -2.36. The summed E-state index contributed by atoms with van der Waals surface area (Å²) in [6.45, 7) is 0. The molecule has 2 bridgehead atoms. The molecule has 29 heavy (non-hydrogen) atoms. The highest BCUT2D eigenvalue weighted by Crippen LogP contribution is 2.48. The van der Waals surface area contributed by atoms with Gasteiger partial charge in [0.15, 0.2) is 0 Å². The molecule has 2 aliphatic carbocycles. The van der Waals surface area contributed by atoms with E-state index in [-0.39, 0.29) is 17.7 Å². The number of anilines is 1. The van der Waals surface area contributed by atoms with Crippen molar-refractivity contribution in [1.82, 2.24) is 4.98 Å². The molecule has 5 heteroatoms. The SMILES string of the molecule is O=C(Nc1cccc2c(-c3ccccc3)ccnc12)[C@@H]1[C@H](C(=O)O)[C@H]2C=C[C@H]1C2. The minimum absolute atomic E-state index is 0.0103. The molecule has 1 heterocycles. The second-order valence-electron chi connectivity index (χ2n) is 7.75. The Morgan fingerprint density at radius 1 is 0.931 bits per heavy atom. The number of nitrogens with one attached hydrogen (secondary N) is 1. The van der Waals surface area contributed by atoms with Crippen LogP contribution in [-0.2, 0) is 9.59 Å². The van der Waals surface area contributed by atoms with Gasteiger partial charge in [-0.2, -0.15) is 0 Å². The van der Waals surface area contributed by atoms with E-state index in [0.29, 0.717) is 11.2 Å². The van der Waals surface area contributed by atoms with E-state index in [9.17, 15) is 14.7 Å². The van der Waals surface area contributed by atoms with Gasteiger partial charge in [-0.05, 0) is 41.5 Å². The molecule has 2 aromatic carbocycles. The fourth-order valence-electron chi connectivity index (χ4n) is 4.88. The third-order valence-corrected chi connectivity index (χ3v) is 6.16. The molecule has 4 atom stereocenters. The third kappa shape index (κ3) is 2.90. The van der Waals surface area contributed by atoms with Gasteiger partial charge in [0, 0.05) is 11.6 Å². The summed E-state index contributed by atoms with van der Waals surface area (Å²) in [5, 5.41) is 13.5. The Kier molecular flexibility index (Phi) is 4.16. The summed E-state index contributed by atoms with van der Waals surface area (Å²) in [7, 11) is 0. The number of benzene rings is 2. The van der Waals surface area contributed by atoms with Crippen LogP contribution in [-0.4, -0.2) is 22.0 Å². The first-order chi connectivity index (χ1) is 14.1. The number of aliphatic carboxylic acids is 1. The molecule has 0 aliphatic heterocycles. The maximum atomic E-state index is 13.1. The number of allylic oxidation sites excluding steroid dienone is 2. The van der Waals surface area contributed by atoms with Crippen molar-refractivity contribution in [1.29, 1.82) is 0 Å². The highest BCUT2D eigenvalue weighted by atomic mass is 16.4. The van der Waals surface area contributed by atoms with Gasteiger partial charge in [-0.15, -0.1) is 0 Å². The van der Waals surface area contributed by atoms with Crippen LogP contribution in [0.1, 0.15) is 6.42 Å². The van der Waals surface area contributed by atoms with Crippen LogP contribution < -0.4 is 5.32 Å². The summed E-state index contributed by atoms with van der Waals surface area (Å²) in [6, 6.07) is 17.7. The predicted octanol–water partition coefficient (Wildman–Crippen LogP) is 4.36. The van der Waals surface area contributed by atoms with E-state index in [0.717, 1.165) is 22.9 Å². The molecule has 1 aromatic heterocycles. The van der Waals surface area contributed by atoms with Gasteiger partial charge in [0.05, 0.1) is 23.0 Å². The molecular formula is C24H20N2O3. The fraction of sp³-hybridized carbons (Fsp3) is 0.208. The number of carbonyl (C=O) groups is 2. The molecule has 0 saturated heterocycles. The lowest BCUT2D eigenvalue weighted by atomic mass is 9.82. The van der Waals surface area contributed by atoms with Crippen LogP contribution in [0.15, 0.2) is 72.9 Å². The maximum Gasteiger partial charge on any atom is 0.307 e. The van der Waals surface area contributed by atoms with Crippen molar-refractivity contribution in [3.63, 3.8) is 0 Å². The molecule has 2 N–H and O–H groups in total. The number of hydrogen-bond acceptors (Lipinski definition) is 3. The first kappa shape index (κ1) is 17.6. The highest BCUT2D eigenvalue weighted by molar-refractivity contribution is 6.06. The average molecular weight is 384 g/mol. The van der Waals surface area contributed by atoms with Crippen LogP contribution >= 0.6 is 0 Å². The molecule has 0 radical (unpaired) electrons. The minimum Gasteiger partial charge on any atom is -0.481 e. The average Bonchev–Trinajstić information content (AvgIpc) is 3.36. The number of carbonyl (C=O) groups excluding carboxylic acids is 1. The number of aromatic nitrogens is 1. The van der Waals surface area contributed by atoms with E-state index < -0.39 is 17.8 Å². The maximum absolute atomic E-state index is 13.1. The van der Waals surface area contributed by atoms with E-state index in [2.05, 4.69) is 10.3 Å². The van der Waals surface area contributed by atoms with E-state index in [1.165, 1.54) is 0 Å². The molecule has 2 aliphatic rings. The lowest BCUT2D eigenvalue weighted by Gasteiger charge is -2.24. The molecule has 144 valence electrons. The van der Waals surface area contributed by atoms with Gasteiger partial charge in [0.25, 0.3) is 0 Å². The molecule has 1 amide bonds. The quantitative estimate of drug-likeness (QED) is 0.655. The van der Waals surface area contributed by atoms with Crippen LogP contribution in [0, 0.1) is 23.7 Å². The fourth-order valence-corrected chi connectivity index (χ4v) is 4.88. The first-order valence-corrected chi connectivity index (χ1v) is 9.78. The normalized spacial score (nSPS) is 24.7. The van der Waals surface area contributed by atoms with Crippen molar-refractivity contribution in [2.24, 2.45) is 23.7 Å². The summed E-state index contributed by atoms with van der Waals surface area (Å²) in [5.41, 5.74) is 3.43. The number of carboxylic acids is 1. The molecule has 1 fully saturated rings. The van der Waals surface area contributed by atoms with E-state index in [1.54, 1.807) is 6.20 Å². The Morgan fingerprint density at radius 2 is 1.69 bits per heavy atom. The topological polar surface area (TPSA) is 79.3 Å². The second kappa shape index (κ2) is 6.85. The molecule has 0 unspecified atom stereocenters. The molecule has 1 saturated carbocycles. The zero-order valence-electron chi connectivity index (χ0n) is 15.7. The zero-order chi connectivity index (χ0) is 20.0. The van der Waals surface area contributed by atoms with Crippen molar-refractivity contribution in [2.75, 3.05) is 5.32 Å². The summed E-state index contributed by atoms with van der Waals surface area (Å²) < 4.78 is 0. The molecular weight excluding hydrogens is 364 g/mol. The van der Waals surface area contributed by atoms with Crippen LogP contribution in [0.2, 0.25) is 0 Å². The van der Waals surface area contributed by atoms with Gasteiger partial charge in [0.1, 0.15) is 0 Å². The van der Waals surface area contributed by atoms with E-state index in [1.807, 2.05) is 66.7 Å². The first-order valence-electron chi connectivity index (χ1n) is 9.78. The molecule has 5 nitrogen and oxygen atoms in total. The zero-order valence-corrected chi connectivity index (χ0v) is 15.7. The molecule has 5 rings (SSSR count). The lowest BCUT2D eigenvalue weighted by molar-refractivity contribution is -0.146. The van der Waals surface area contributed by atoms with Crippen LogP contribution in [0.5, 0.6) is 0 Å². The second-order valence-corrected chi connectivity index (χ2v) is 7.75. The summed E-state index contributed by atoms with van der Waals surface area (Å²) in [4.78, 5) is 29.3. The van der Waals surface area contributed by atoms with Crippen molar-refractivity contribution in [3.8, 4) is 11.1 Å². The van der Waals surface area contributed by atoms with Gasteiger partial charge < -0.3 is 10.4 Å². The Balaban J connectivity index is 1.51. The van der Waals surface area contributed by atoms with Crippen LogP contribution in [0.4, 0.5) is 5.69 Å². The Hall–Kier alpha value is -3.47. The molecule has 3 aromatic rings. The van der Waals surface area contributed by atoms with Gasteiger partial charge in [0.2, 0.25) is 5.91 Å². The summed E-state index contributed by atoms with van der Waals surface area (Å²) in [5.74, 6) is -2.41. The van der Waals surface area contributed by atoms with Crippen LogP contribution in [0.25, 0.3) is 22.0 Å². The smallest absolute Gasteiger partial charge is 0.307 e. The number of hydrogen-bond donors (Lipinski definition) is 2. The highest BCUT2D eigenvalue weighted by Gasteiger charge is 2.51. The largest absolute Gasteiger partial charge is 0.481 e. The number of pyridine rings is 1.